The van der Waals surface area contributed by atoms with Crippen molar-refractivity contribution < 1.29 is 4.79 Å². The van der Waals surface area contributed by atoms with E-state index in [4.69, 9.17) is 0 Å². The van der Waals surface area contributed by atoms with Crippen molar-refractivity contribution in [1.82, 2.24) is 19.6 Å². The first-order valence-electron chi connectivity index (χ1n) is 11.0. The zero-order chi connectivity index (χ0) is 18.5. The number of rotatable bonds is 5. The zero-order valence-corrected chi connectivity index (χ0v) is 17.3. The summed E-state index contributed by atoms with van der Waals surface area (Å²) >= 11 is 0. The number of nitrogens with zero attached hydrogens (tertiary/aromatic N) is 4. The summed E-state index contributed by atoms with van der Waals surface area (Å²) in [7, 11) is 0. The minimum atomic E-state index is 0.282. The van der Waals surface area contributed by atoms with E-state index in [2.05, 4.69) is 40.4 Å². The SMILES string of the molecule is CCN1CCC(C(=O)N2CCN(CC3CCN(C(C)C)CC3)CC2)CC1. The molecule has 0 aromatic carbocycles. The van der Waals surface area contributed by atoms with Gasteiger partial charge in [-0.05, 0) is 78.2 Å². The molecule has 0 aliphatic carbocycles. The third-order valence-corrected chi connectivity index (χ3v) is 6.96. The number of likely N-dealkylation sites (tertiary alicyclic amines) is 2. The van der Waals surface area contributed by atoms with Gasteiger partial charge in [0.15, 0.2) is 0 Å². The second-order valence-electron chi connectivity index (χ2n) is 8.91. The average Bonchev–Trinajstić information content (AvgIpc) is 2.68. The van der Waals surface area contributed by atoms with Crippen molar-refractivity contribution in [2.24, 2.45) is 11.8 Å². The Bertz CT molecular complexity index is 431. The summed E-state index contributed by atoms with van der Waals surface area (Å²) < 4.78 is 0. The summed E-state index contributed by atoms with van der Waals surface area (Å²) in [5.74, 6) is 1.57. The Morgan fingerprint density at radius 2 is 1.46 bits per heavy atom. The fraction of sp³-hybridized carbons (Fsp3) is 0.952. The summed E-state index contributed by atoms with van der Waals surface area (Å²) in [6.07, 6.45) is 4.79. The summed E-state index contributed by atoms with van der Waals surface area (Å²) in [5, 5.41) is 0. The lowest BCUT2D eigenvalue weighted by atomic mass is 9.94. The molecule has 3 saturated heterocycles. The Hall–Kier alpha value is -0.650. The number of piperidine rings is 2. The van der Waals surface area contributed by atoms with Crippen LogP contribution in [0.4, 0.5) is 0 Å². The van der Waals surface area contributed by atoms with Crippen LogP contribution in [0.15, 0.2) is 0 Å². The molecule has 26 heavy (non-hydrogen) atoms. The molecule has 0 saturated carbocycles. The predicted molar refractivity (Wildman–Crippen MR) is 107 cm³/mol. The molecule has 3 aliphatic rings. The molecule has 0 atom stereocenters. The highest BCUT2D eigenvalue weighted by atomic mass is 16.2. The van der Waals surface area contributed by atoms with Crippen molar-refractivity contribution in [1.29, 1.82) is 0 Å². The minimum Gasteiger partial charge on any atom is -0.340 e. The lowest BCUT2D eigenvalue weighted by molar-refractivity contribution is -0.139. The molecule has 3 aliphatic heterocycles. The van der Waals surface area contributed by atoms with Crippen LogP contribution in [0.25, 0.3) is 0 Å². The van der Waals surface area contributed by atoms with Crippen LogP contribution in [0.5, 0.6) is 0 Å². The molecule has 3 rings (SSSR count). The van der Waals surface area contributed by atoms with Crippen LogP contribution < -0.4 is 0 Å². The van der Waals surface area contributed by atoms with Crippen molar-refractivity contribution >= 4 is 5.91 Å². The van der Waals surface area contributed by atoms with E-state index in [0.29, 0.717) is 11.9 Å². The fourth-order valence-electron chi connectivity index (χ4n) is 4.92. The van der Waals surface area contributed by atoms with E-state index in [0.717, 1.165) is 64.6 Å². The van der Waals surface area contributed by atoms with Crippen LogP contribution >= 0.6 is 0 Å². The van der Waals surface area contributed by atoms with Crippen molar-refractivity contribution in [3.8, 4) is 0 Å². The number of carbonyl (C=O) groups excluding carboxylic acids is 1. The van der Waals surface area contributed by atoms with Gasteiger partial charge in [-0.1, -0.05) is 6.92 Å². The van der Waals surface area contributed by atoms with Gasteiger partial charge >= 0.3 is 0 Å². The molecule has 0 spiro atoms. The van der Waals surface area contributed by atoms with Crippen molar-refractivity contribution in [3.63, 3.8) is 0 Å². The van der Waals surface area contributed by atoms with Gasteiger partial charge in [-0.3, -0.25) is 9.69 Å². The van der Waals surface area contributed by atoms with Crippen LogP contribution in [-0.4, -0.2) is 97.0 Å². The normalized spacial score (nSPS) is 25.9. The average molecular weight is 365 g/mol. The molecular weight excluding hydrogens is 324 g/mol. The molecule has 3 fully saturated rings. The van der Waals surface area contributed by atoms with Crippen molar-refractivity contribution in [3.05, 3.63) is 0 Å². The molecule has 0 bridgehead atoms. The molecular formula is C21H40N4O. The lowest BCUT2D eigenvalue weighted by Gasteiger charge is -2.41. The molecule has 0 unspecified atom stereocenters. The highest BCUT2D eigenvalue weighted by molar-refractivity contribution is 5.79. The van der Waals surface area contributed by atoms with Gasteiger partial charge < -0.3 is 14.7 Å². The van der Waals surface area contributed by atoms with Crippen LogP contribution in [0, 0.1) is 11.8 Å². The summed E-state index contributed by atoms with van der Waals surface area (Å²) in [6, 6.07) is 0.690. The summed E-state index contributed by atoms with van der Waals surface area (Å²) in [5.41, 5.74) is 0. The number of amides is 1. The van der Waals surface area contributed by atoms with E-state index in [1.54, 1.807) is 0 Å². The fourth-order valence-corrected chi connectivity index (χ4v) is 4.92. The Morgan fingerprint density at radius 1 is 0.846 bits per heavy atom. The molecule has 3 heterocycles. The number of hydrogen-bond donors (Lipinski definition) is 0. The van der Waals surface area contributed by atoms with Gasteiger partial charge in [0, 0.05) is 44.7 Å². The monoisotopic (exact) mass is 364 g/mol. The third kappa shape index (κ3) is 5.20. The van der Waals surface area contributed by atoms with Gasteiger partial charge in [-0.15, -0.1) is 0 Å². The maximum absolute atomic E-state index is 12.8. The van der Waals surface area contributed by atoms with Crippen LogP contribution in [0.3, 0.4) is 0 Å². The lowest BCUT2D eigenvalue weighted by Crippen LogP contribution is -2.52. The standard InChI is InChI=1S/C21H40N4O/c1-4-22-9-7-20(8-10-22)21(26)25-15-13-23(14-16-25)17-19-5-11-24(12-6-19)18(2)3/h18-20H,4-17H2,1-3H3. The van der Waals surface area contributed by atoms with E-state index in [1.807, 2.05) is 0 Å². The number of carbonyl (C=O) groups is 1. The first kappa shape index (κ1) is 20.1. The molecule has 0 N–H and O–H groups in total. The molecule has 5 heteroatoms. The zero-order valence-electron chi connectivity index (χ0n) is 17.3. The summed E-state index contributed by atoms with van der Waals surface area (Å²) in [6.45, 7) is 17.9. The van der Waals surface area contributed by atoms with E-state index in [9.17, 15) is 4.79 Å². The van der Waals surface area contributed by atoms with E-state index in [1.165, 1.54) is 32.5 Å². The largest absolute Gasteiger partial charge is 0.340 e. The topological polar surface area (TPSA) is 30.0 Å². The first-order valence-corrected chi connectivity index (χ1v) is 11.0. The van der Waals surface area contributed by atoms with Gasteiger partial charge in [-0.2, -0.15) is 0 Å². The maximum atomic E-state index is 12.8. The highest BCUT2D eigenvalue weighted by Gasteiger charge is 2.31. The molecule has 1 amide bonds. The molecule has 150 valence electrons. The Kier molecular flexibility index (Phi) is 7.35. The predicted octanol–water partition coefficient (Wildman–Crippen LogP) is 1.98. The summed E-state index contributed by atoms with van der Waals surface area (Å²) in [4.78, 5) is 22.7. The quantitative estimate of drug-likeness (QED) is 0.746. The van der Waals surface area contributed by atoms with Crippen molar-refractivity contribution in [2.75, 3.05) is 65.4 Å². The van der Waals surface area contributed by atoms with Crippen LogP contribution in [0.1, 0.15) is 46.5 Å². The molecule has 0 aromatic heterocycles. The Balaban J connectivity index is 1.36. The van der Waals surface area contributed by atoms with Gasteiger partial charge in [0.25, 0.3) is 0 Å². The van der Waals surface area contributed by atoms with Crippen LogP contribution in [0.2, 0.25) is 0 Å². The molecule has 0 aromatic rings. The van der Waals surface area contributed by atoms with E-state index in [-0.39, 0.29) is 5.92 Å². The second kappa shape index (κ2) is 9.52. The third-order valence-electron chi connectivity index (χ3n) is 6.96. The van der Waals surface area contributed by atoms with E-state index >= 15 is 0 Å². The van der Waals surface area contributed by atoms with E-state index < -0.39 is 0 Å². The van der Waals surface area contributed by atoms with Gasteiger partial charge in [0.05, 0.1) is 0 Å². The Morgan fingerprint density at radius 3 is 2.00 bits per heavy atom. The number of hydrogen-bond acceptors (Lipinski definition) is 4. The van der Waals surface area contributed by atoms with Gasteiger partial charge in [0.2, 0.25) is 5.91 Å². The van der Waals surface area contributed by atoms with Gasteiger partial charge in [0.1, 0.15) is 0 Å². The molecule has 5 nitrogen and oxygen atoms in total. The minimum absolute atomic E-state index is 0.282. The highest BCUT2D eigenvalue weighted by Crippen LogP contribution is 2.22. The second-order valence-corrected chi connectivity index (χ2v) is 8.91. The maximum Gasteiger partial charge on any atom is 0.225 e. The number of piperazine rings is 1. The Labute approximate surface area is 160 Å². The molecule has 0 radical (unpaired) electrons. The van der Waals surface area contributed by atoms with Crippen LogP contribution in [-0.2, 0) is 4.79 Å². The van der Waals surface area contributed by atoms with Gasteiger partial charge in [-0.25, -0.2) is 0 Å². The van der Waals surface area contributed by atoms with Crippen molar-refractivity contribution in [2.45, 2.75) is 52.5 Å². The smallest absolute Gasteiger partial charge is 0.225 e. The first-order chi connectivity index (χ1) is 12.6.